The Morgan fingerprint density at radius 2 is 2.00 bits per heavy atom. The highest BCUT2D eigenvalue weighted by molar-refractivity contribution is 5.92. The van der Waals surface area contributed by atoms with Crippen molar-refractivity contribution in [3.8, 4) is 6.07 Å². The lowest BCUT2D eigenvalue weighted by Gasteiger charge is -2.05. The van der Waals surface area contributed by atoms with E-state index in [2.05, 4.69) is 4.74 Å². The summed E-state index contributed by atoms with van der Waals surface area (Å²) in [7, 11) is 3.47. The molecule has 0 saturated heterocycles. The minimum absolute atomic E-state index is 0.0156. The third-order valence-corrected chi connectivity index (χ3v) is 1.00. The smallest absolute Gasteiger partial charge is 0.350 e. The van der Waals surface area contributed by atoms with E-state index in [1.807, 2.05) is 13.8 Å². The molecule has 0 aliphatic carbocycles. The van der Waals surface area contributed by atoms with Gasteiger partial charge in [0.05, 0.1) is 6.61 Å². The molecule has 0 aromatic carbocycles. The first-order valence-electron chi connectivity index (χ1n) is 4.57. The molecule has 0 aliphatic heterocycles. The lowest BCUT2D eigenvalue weighted by molar-refractivity contribution is -0.138. The molecule has 4 nitrogen and oxygen atoms in total. The second-order valence-corrected chi connectivity index (χ2v) is 2.34. The Hall–Kier alpha value is -1.50. The highest BCUT2D eigenvalue weighted by Gasteiger charge is 2.08. The van der Waals surface area contributed by atoms with Gasteiger partial charge in [-0.25, -0.2) is 4.79 Å². The number of rotatable bonds is 3. The summed E-state index contributed by atoms with van der Waals surface area (Å²) in [4.78, 5) is 12.6. The van der Waals surface area contributed by atoms with Gasteiger partial charge in [-0.3, -0.25) is 0 Å². The molecule has 80 valence electrons. The van der Waals surface area contributed by atoms with Crippen molar-refractivity contribution in [3.05, 3.63) is 11.8 Å². The molecule has 0 aromatic heterocycles. The van der Waals surface area contributed by atoms with Gasteiger partial charge in [0, 0.05) is 20.3 Å². The summed E-state index contributed by atoms with van der Waals surface area (Å²) in [6.45, 7) is 5.98. The van der Waals surface area contributed by atoms with Crippen LogP contribution in [0.15, 0.2) is 11.8 Å². The van der Waals surface area contributed by atoms with Gasteiger partial charge >= 0.3 is 5.97 Å². The summed E-state index contributed by atoms with van der Waals surface area (Å²) >= 11 is 0. The topological polar surface area (TPSA) is 53.3 Å². The number of hydrogen-bond donors (Lipinski definition) is 0. The van der Waals surface area contributed by atoms with Crippen LogP contribution >= 0.6 is 0 Å². The minimum atomic E-state index is -0.575. The molecule has 0 radical (unpaired) electrons. The summed E-state index contributed by atoms with van der Waals surface area (Å²) in [6, 6.07) is 1.76. The van der Waals surface area contributed by atoms with E-state index in [1.54, 1.807) is 32.0 Å². The molecule has 0 fully saturated rings. The van der Waals surface area contributed by atoms with Crippen molar-refractivity contribution in [1.29, 1.82) is 5.26 Å². The van der Waals surface area contributed by atoms with Crippen LogP contribution < -0.4 is 0 Å². The van der Waals surface area contributed by atoms with E-state index < -0.39 is 5.97 Å². The van der Waals surface area contributed by atoms with Gasteiger partial charge in [-0.2, -0.15) is 5.26 Å². The van der Waals surface area contributed by atoms with Gasteiger partial charge in [-0.05, 0) is 6.92 Å². The number of carbonyl (C=O) groups is 1. The molecular formula is C10H18N2O2. The first-order chi connectivity index (χ1) is 6.61. The van der Waals surface area contributed by atoms with Gasteiger partial charge in [-0.1, -0.05) is 13.8 Å². The zero-order valence-corrected chi connectivity index (χ0v) is 9.50. The number of ether oxygens (including phenoxy) is 1. The second-order valence-electron chi connectivity index (χ2n) is 2.34. The van der Waals surface area contributed by atoms with Gasteiger partial charge in [0.1, 0.15) is 6.07 Å². The van der Waals surface area contributed by atoms with Crippen molar-refractivity contribution in [1.82, 2.24) is 4.90 Å². The van der Waals surface area contributed by atoms with Crippen molar-refractivity contribution >= 4 is 5.97 Å². The maximum Gasteiger partial charge on any atom is 0.350 e. The maximum absolute atomic E-state index is 11.0. The molecule has 0 aliphatic rings. The van der Waals surface area contributed by atoms with Crippen molar-refractivity contribution in [2.24, 2.45) is 0 Å². The lowest BCUT2D eigenvalue weighted by Crippen LogP contribution is -2.11. The van der Waals surface area contributed by atoms with Crippen LogP contribution in [0.4, 0.5) is 0 Å². The van der Waals surface area contributed by atoms with Crippen molar-refractivity contribution in [2.45, 2.75) is 20.8 Å². The van der Waals surface area contributed by atoms with Crippen molar-refractivity contribution in [3.63, 3.8) is 0 Å². The predicted octanol–water partition coefficient (Wildman–Crippen LogP) is 1.54. The molecule has 0 aromatic rings. The lowest BCUT2D eigenvalue weighted by atomic mass is 10.3. The number of carbonyl (C=O) groups excluding carboxylic acids is 1. The van der Waals surface area contributed by atoms with Gasteiger partial charge in [0.15, 0.2) is 5.57 Å². The van der Waals surface area contributed by atoms with E-state index in [0.29, 0.717) is 0 Å². The molecule has 0 heterocycles. The number of nitrogens with zero attached hydrogens (tertiary/aromatic N) is 2. The van der Waals surface area contributed by atoms with Gasteiger partial charge in [-0.15, -0.1) is 0 Å². The van der Waals surface area contributed by atoms with E-state index in [0.717, 1.165) is 0 Å². The number of hydrogen-bond acceptors (Lipinski definition) is 4. The summed E-state index contributed by atoms with van der Waals surface area (Å²) in [6.07, 6.45) is 1.43. The third kappa shape index (κ3) is 7.17. The Bertz CT molecular complexity index is 227. The molecule has 0 bridgehead atoms. The number of esters is 1. The molecule has 4 heteroatoms. The van der Waals surface area contributed by atoms with Crippen molar-refractivity contribution < 1.29 is 9.53 Å². The molecule has 0 atom stereocenters. The highest BCUT2D eigenvalue weighted by Crippen LogP contribution is 1.97. The number of nitriles is 1. The third-order valence-electron chi connectivity index (χ3n) is 1.00. The fourth-order valence-electron chi connectivity index (χ4n) is 0.594. The van der Waals surface area contributed by atoms with Crippen LogP contribution in [0.3, 0.4) is 0 Å². The van der Waals surface area contributed by atoms with Gasteiger partial charge in [0.2, 0.25) is 0 Å². The Morgan fingerprint density at radius 1 is 1.50 bits per heavy atom. The molecule has 0 spiro atoms. The summed E-state index contributed by atoms with van der Waals surface area (Å²) in [5.41, 5.74) is 0.0156. The average molecular weight is 198 g/mol. The maximum atomic E-state index is 11.0. The summed E-state index contributed by atoms with van der Waals surface area (Å²) < 4.78 is 4.64. The van der Waals surface area contributed by atoms with E-state index >= 15 is 0 Å². The summed E-state index contributed by atoms with van der Waals surface area (Å²) in [5.74, 6) is -0.575. The normalized spacial score (nSPS) is 9.29. The average Bonchev–Trinajstić information content (AvgIpc) is 2.17. The van der Waals surface area contributed by atoms with Crippen LogP contribution in [0.5, 0.6) is 0 Å². The Labute approximate surface area is 85.8 Å². The van der Waals surface area contributed by atoms with E-state index in [1.165, 1.54) is 6.20 Å². The van der Waals surface area contributed by atoms with Crippen LogP contribution in [0.1, 0.15) is 20.8 Å². The molecule has 0 unspecified atom stereocenters. The van der Waals surface area contributed by atoms with E-state index in [9.17, 15) is 4.79 Å². The Morgan fingerprint density at radius 3 is 2.29 bits per heavy atom. The molecular weight excluding hydrogens is 180 g/mol. The quantitative estimate of drug-likeness (QED) is 0.392. The fraction of sp³-hybridized carbons (Fsp3) is 0.600. The first-order valence-corrected chi connectivity index (χ1v) is 4.57. The van der Waals surface area contributed by atoms with Crippen LogP contribution in [0.2, 0.25) is 0 Å². The molecule has 0 amide bonds. The molecule has 0 saturated carbocycles. The largest absolute Gasteiger partial charge is 0.462 e. The molecule has 0 N–H and O–H groups in total. The highest BCUT2D eigenvalue weighted by atomic mass is 16.5. The fourth-order valence-corrected chi connectivity index (χ4v) is 0.594. The van der Waals surface area contributed by atoms with E-state index in [-0.39, 0.29) is 12.2 Å². The van der Waals surface area contributed by atoms with Crippen LogP contribution in [-0.4, -0.2) is 31.6 Å². The van der Waals surface area contributed by atoms with Crippen LogP contribution in [0, 0.1) is 11.3 Å². The SMILES string of the molecule is CC.CCOC(=O)/C(C#N)=C/N(C)C. The standard InChI is InChI=1S/C8H12N2O2.C2H6/c1-4-12-8(11)7(5-9)6-10(2)3;1-2/h6H,4H2,1-3H3;1-2H3/b7-6+;. The minimum Gasteiger partial charge on any atom is -0.462 e. The first kappa shape index (κ1) is 15.0. The Balaban J connectivity index is 0. The van der Waals surface area contributed by atoms with Crippen LogP contribution in [-0.2, 0) is 9.53 Å². The molecule has 0 rings (SSSR count). The van der Waals surface area contributed by atoms with Crippen molar-refractivity contribution in [2.75, 3.05) is 20.7 Å². The zero-order valence-electron chi connectivity index (χ0n) is 9.50. The molecule has 14 heavy (non-hydrogen) atoms. The summed E-state index contributed by atoms with van der Waals surface area (Å²) in [5, 5.41) is 8.53. The monoisotopic (exact) mass is 198 g/mol. The predicted molar refractivity (Wildman–Crippen MR) is 55.4 cm³/mol. The second kappa shape index (κ2) is 9.59. The zero-order chi connectivity index (χ0) is 11.6. The van der Waals surface area contributed by atoms with Gasteiger partial charge < -0.3 is 9.64 Å². The Kier molecular flexibility index (Phi) is 10.3. The van der Waals surface area contributed by atoms with Gasteiger partial charge in [0.25, 0.3) is 0 Å². The van der Waals surface area contributed by atoms with E-state index in [4.69, 9.17) is 5.26 Å². The van der Waals surface area contributed by atoms with Crippen LogP contribution in [0.25, 0.3) is 0 Å².